The van der Waals surface area contributed by atoms with Crippen LogP contribution in [-0.4, -0.2) is 44.0 Å². The zero-order valence-electron chi connectivity index (χ0n) is 8.32. The van der Waals surface area contributed by atoms with Gasteiger partial charge in [-0.15, -0.1) is 0 Å². The van der Waals surface area contributed by atoms with Crippen molar-refractivity contribution in [3.8, 4) is 0 Å². The van der Waals surface area contributed by atoms with E-state index in [1.165, 1.54) is 6.92 Å². The normalized spacial score (nSPS) is 14.5. The third kappa shape index (κ3) is 5.21. The molecule has 0 aromatic heterocycles. The zero-order chi connectivity index (χ0) is 11.1. The topological polar surface area (TPSA) is 92.4 Å². The van der Waals surface area contributed by atoms with Crippen molar-refractivity contribution in [1.82, 2.24) is 5.32 Å². The van der Waals surface area contributed by atoms with Gasteiger partial charge in [0.1, 0.15) is 0 Å². The standard InChI is InChI=1S/C8H16N2O3Se/c1-5(8(12)13)10-7(11)6(9)3-4-14-2/h5-6H,3-4,9H2,1-2H3,(H,10,11)(H,12,13). The van der Waals surface area contributed by atoms with Crippen LogP contribution in [0.25, 0.3) is 0 Å². The summed E-state index contributed by atoms with van der Waals surface area (Å²) in [5.74, 6) is 0.631. The number of rotatable bonds is 6. The Labute approximate surface area is 89.6 Å². The van der Waals surface area contributed by atoms with Crippen molar-refractivity contribution in [2.24, 2.45) is 5.73 Å². The van der Waals surface area contributed by atoms with Gasteiger partial charge in [-0.2, -0.15) is 0 Å². The Morgan fingerprint density at radius 1 is 1.57 bits per heavy atom. The van der Waals surface area contributed by atoms with Gasteiger partial charge in [-0.25, -0.2) is 0 Å². The van der Waals surface area contributed by atoms with Crippen molar-refractivity contribution in [2.75, 3.05) is 0 Å². The molecule has 82 valence electrons. The third-order valence-corrected chi connectivity index (χ3v) is 3.05. The van der Waals surface area contributed by atoms with E-state index in [9.17, 15) is 9.59 Å². The molecule has 2 atom stereocenters. The van der Waals surface area contributed by atoms with Crippen molar-refractivity contribution in [3.63, 3.8) is 0 Å². The summed E-state index contributed by atoms with van der Waals surface area (Å²) in [6.45, 7) is 1.41. The molecule has 0 aromatic rings. The summed E-state index contributed by atoms with van der Waals surface area (Å²) in [5.41, 5.74) is 5.56. The average Bonchev–Trinajstić information content (AvgIpc) is 2.13. The summed E-state index contributed by atoms with van der Waals surface area (Å²) in [6.07, 6.45) is 0.620. The fraction of sp³-hybridized carbons (Fsp3) is 0.750. The van der Waals surface area contributed by atoms with Gasteiger partial charge in [0.05, 0.1) is 0 Å². The van der Waals surface area contributed by atoms with E-state index in [1.54, 1.807) is 0 Å². The van der Waals surface area contributed by atoms with Crippen molar-refractivity contribution in [1.29, 1.82) is 0 Å². The summed E-state index contributed by atoms with van der Waals surface area (Å²) in [6, 6.07) is -1.46. The molecule has 0 aromatic carbocycles. The van der Waals surface area contributed by atoms with Gasteiger partial charge in [-0.3, -0.25) is 0 Å². The molecule has 0 rings (SSSR count). The number of amides is 1. The summed E-state index contributed by atoms with van der Waals surface area (Å²) in [4.78, 5) is 21.7. The van der Waals surface area contributed by atoms with Gasteiger partial charge in [0.2, 0.25) is 0 Å². The number of nitrogens with two attached hydrogens (primary N) is 1. The van der Waals surface area contributed by atoms with E-state index in [4.69, 9.17) is 10.8 Å². The van der Waals surface area contributed by atoms with Gasteiger partial charge in [0.25, 0.3) is 0 Å². The van der Waals surface area contributed by atoms with Gasteiger partial charge < -0.3 is 0 Å². The maximum atomic E-state index is 11.3. The molecule has 0 aliphatic heterocycles. The Balaban J connectivity index is 3.88. The number of nitrogens with one attached hydrogen (secondary N) is 1. The van der Waals surface area contributed by atoms with Gasteiger partial charge in [0.15, 0.2) is 0 Å². The summed E-state index contributed by atoms with van der Waals surface area (Å²) >= 11 is 0.496. The van der Waals surface area contributed by atoms with Crippen LogP contribution in [0.1, 0.15) is 13.3 Å². The molecule has 0 radical (unpaired) electrons. The fourth-order valence-corrected chi connectivity index (χ4v) is 1.79. The van der Waals surface area contributed by atoms with E-state index in [-0.39, 0.29) is 5.91 Å². The van der Waals surface area contributed by atoms with E-state index in [1.807, 2.05) is 0 Å². The molecule has 0 saturated carbocycles. The summed E-state index contributed by atoms with van der Waals surface area (Å²) in [5, 5.41) is 11.8. The number of hydrogen-bond acceptors (Lipinski definition) is 3. The molecule has 4 N–H and O–H groups in total. The predicted octanol–water partition coefficient (Wildman–Crippen LogP) is -0.536. The van der Waals surface area contributed by atoms with Crippen LogP contribution in [0.3, 0.4) is 0 Å². The Kier molecular flexibility index (Phi) is 6.53. The van der Waals surface area contributed by atoms with Crippen LogP contribution in [0.5, 0.6) is 0 Å². The molecule has 2 unspecified atom stereocenters. The van der Waals surface area contributed by atoms with Crippen molar-refractivity contribution < 1.29 is 14.7 Å². The van der Waals surface area contributed by atoms with E-state index in [0.717, 1.165) is 5.32 Å². The Morgan fingerprint density at radius 2 is 2.14 bits per heavy atom. The van der Waals surface area contributed by atoms with Gasteiger partial charge in [0, 0.05) is 0 Å². The second kappa shape index (κ2) is 6.81. The number of aliphatic carboxylic acids is 1. The number of hydrogen-bond donors (Lipinski definition) is 3. The molecular formula is C8H16N2O3Se. The van der Waals surface area contributed by atoms with Crippen LogP contribution < -0.4 is 11.1 Å². The molecule has 0 saturated heterocycles. The average molecular weight is 267 g/mol. The molecule has 6 heteroatoms. The third-order valence-electron chi connectivity index (χ3n) is 1.70. The zero-order valence-corrected chi connectivity index (χ0v) is 10.0. The summed E-state index contributed by atoms with van der Waals surface area (Å²) in [7, 11) is 0. The number of carbonyl (C=O) groups is 2. The molecule has 1 amide bonds. The second-order valence-corrected chi connectivity index (χ2v) is 5.02. The molecule has 0 heterocycles. The van der Waals surface area contributed by atoms with Crippen LogP contribution >= 0.6 is 0 Å². The van der Waals surface area contributed by atoms with Crippen LogP contribution in [0.4, 0.5) is 0 Å². The van der Waals surface area contributed by atoms with E-state index >= 15 is 0 Å². The molecule has 0 aliphatic carbocycles. The van der Waals surface area contributed by atoms with E-state index < -0.39 is 18.1 Å². The van der Waals surface area contributed by atoms with E-state index in [0.29, 0.717) is 21.4 Å². The van der Waals surface area contributed by atoms with Crippen LogP contribution in [0.15, 0.2) is 0 Å². The molecule has 0 spiro atoms. The molecule has 14 heavy (non-hydrogen) atoms. The number of carboxylic acid groups (broad SMARTS) is 1. The second-order valence-electron chi connectivity index (χ2n) is 2.96. The van der Waals surface area contributed by atoms with Crippen LogP contribution in [0.2, 0.25) is 11.1 Å². The monoisotopic (exact) mass is 268 g/mol. The van der Waals surface area contributed by atoms with Gasteiger partial charge in [-0.1, -0.05) is 0 Å². The van der Waals surface area contributed by atoms with Gasteiger partial charge >= 0.3 is 89.1 Å². The van der Waals surface area contributed by atoms with Gasteiger partial charge in [-0.05, 0) is 0 Å². The number of carbonyl (C=O) groups excluding carboxylic acids is 1. The Hall–Kier alpha value is -0.581. The first-order valence-corrected chi connectivity index (χ1v) is 7.19. The molecule has 0 bridgehead atoms. The van der Waals surface area contributed by atoms with Crippen LogP contribution in [0, 0.1) is 0 Å². The molecular weight excluding hydrogens is 251 g/mol. The quantitative estimate of drug-likeness (QED) is 0.564. The van der Waals surface area contributed by atoms with Crippen LogP contribution in [-0.2, 0) is 9.59 Å². The van der Waals surface area contributed by atoms with E-state index in [2.05, 4.69) is 11.1 Å². The first kappa shape index (κ1) is 13.4. The van der Waals surface area contributed by atoms with Crippen molar-refractivity contribution in [2.45, 2.75) is 36.6 Å². The fourth-order valence-electron chi connectivity index (χ4n) is 0.758. The Morgan fingerprint density at radius 3 is 2.57 bits per heavy atom. The first-order chi connectivity index (χ1) is 6.49. The minimum atomic E-state index is -1.05. The van der Waals surface area contributed by atoms with Crippen molar-refractivity contribution >= 4 is 26.8 Å². The maximum absolute atomic E-state index is 11.3. The summed E-state index contributed by atoms with van der Waals surface area (Å²) < 4.78 is 0. The predicted molar refractivity (Wildman–Crippen MR) is 54.3 cm³/mol. The minimum absolute atomic E-state index is 0.385. The molecule has 0 fully saturated rings. The first-order valence-electron chi connectivity index (χ1n) is 4.26. The van der Waals surface area contributed by atoms with Crippen molar-refractivity contribution in [3.05, 3.63) is 0 Å². The molecule has 0 aliphatic rings. The SMILES string of the molecule is C[Se]CCC(N)C(=O)NC(C)C(=O)O. The Bertz CT molecular complexity index is 211. The molecule has 5 nitrogen and oxygen atoms in total. The number of carboxylic acids is 1.